The van der Waals surface area contributed by atoms with Crippen molar-refractivity contribution in [3.05, 3.63) is 41.7 Å². The first-order valence-electron chi connectivity index (χ1n) is 13.4. The summed E-state index contributed by atoms with van der Waals surface area (Å²) in [5, 5.41) is 21.7. The number of aliphatic hydroxyl groups is 2. The fourth-order valence-corrected chi connectivity index (χ4v) is 5.15. The van der Waals surface area contributed by atoms with Gasteiger partial charge in [0.15, 0.2) is 0 Å². The maximum absolute atomic E-state index is 13.2. The van der Waals surface area contributed by atoms with Crippen LogP contribution in [0.2, 0.25) is 0 Å². The molecule has 1 aliphatic rings. The van der Waals surface area contributed by atoms with Crippen LogP contribution in [0.3, 0.4) is 0 Å². The number of esters is 1. The van der Waals surface area contributed by atoms with Gasteiger partial charge in [-0.1, -0.05) is 45.4 Å². The van der Waals surface area contributed by atoms with E-state index in [9.17, 15) is 19.8 Å². The minimum Gasteiger partial charge on any atom is -0.457 e. The molecule has 1 aromatic heterocycles. The van der Waals surface area contributed by atoms with Crippen LogP contribution in [-0.4, -0.2) is 50.3 Å². The zero-order chi connectivity index (χ0) is 27.3. The lowest BCUT2D eigenvalue weighted by Gasteiger charge is -2.34. The molecule has 0 radical (unpaired) electrons. The average Bonchev–Trinajstić information content (AvgIpc) is 3.26. The van der Waals surface area contributed by atoms with Crippen molar-refractivity contribution >= 4 is 22.8 Å². The Kier molecular flexibility index (Phi) is 9.67. The molecule has 204 valence electrons. The summed E-state index contributed by atoms with van der Waals surface area (Å²) in [6, 6.07) is 5.82. The van der Waals surface area contributed by atoms with Crippen molar-refractivity contribution in [2.75, 3.05) is 6.54 Å². The second-order valence-corrected chi connectivity index (χ2v) is 11.2. The Morgan fingerprint density at radius 3 is 2.65 bits per heavy atom. The maximum atomic E-state index is 13.2. The average molecular weight is 514 g/mol. The first-order chi connectivity index (χ1) is 17.4. The second-order valence-electron chi connectivity index (χ2n) is 11.2. The predicted molar refractivity (Wildman–Crippen MR) is 144 cm³/mol. The van der Waals surface area contributed by atoms with Crippen molar-refractivity contribution in [2.24, 2.45) is 23.0 Å². The lowest BCUT2D eigenvalue weighted by atomic mass is 9.73. The zero-order valence-corrected chi connectivity index (χ0v) is 22.8. The molecule has 0 aliphatic carbocycles. The number of cyclic esters (lactones) is 1. The molecule has 2 heterocycles. The quantitative estimate of drug-likeness (QED) is 0.417. The summed E-state index contributed by atoms with van der Waals surface area (Å²) in [7, 11) is 0. The van der Waals surface area contributed by atoms with Crippen molar-refractivity contribution in [1.82, 2.24) is 9.55 Å². The standard InChI is InChI=1S/C29H43N3O5/c1-18-7-6-8-19(2)27(35)20(3)28(36)29(4,5)25(33)16-26(34)37-24(12-9-18)21-10-11-23-22(15-21)31-17-32(23)14-13-30/h9-11,15,17,19-20,24-25,27,33,35H,6-8,12-14,16,30H2,1-5H3/b18-9-/t19?,20?,24-,25?,27-/m0/s1. The minimum atomic E-state index is -1.24. The number of Topliss-reactive ketones (excluding diaryl/α,β-unsaturated/α-hetero) is 1. The summed E-state index contributed by atoms with van der Waals surface area (Å²) in [6.07, 6.45) is 3.94. The van der Waals surface area contributed by atoms with E-state index in [2.05, 4.69) is 18.0 Å². The number of carbonyl (C=O) groups is 2. The zero-order valence-electron chi connectivity index (χ0n) is 22.8. The number of imidazole rings is 1. The molecule has 3 unspecified atom stereocenters. The Balaban J connectivity index is 1.91. The van der Waals surface area contributed by atoms with Crippen LogP contribution in [0, 0.1) is 17.3 Å². The number of fused-ring (bicyclic) bond motifs is 1. The van der Waals surface area contributed by atoms with Gasteiger partial charge in [0.25, 0.3) is 0 Å². The van der Waals surface area contributed by atoms with Crippen molar-refractivity contribution in [2.45, 2.75) is 91.6 Å². The summed E-state index contributed by atoms with van der Waals surface area (Å²) in [4.78, 5) is 30.7. The van der Waals surface area contributed by atoms with Gasteiger partial charge >= 0.3 is 5.97 Å². The smallest absolute Gasteiger partial charge is 0.309 e. The van der Waals surface area contributed by atoms with Gasteiger partial charge in [-0.15, -0.1) is 0 Å². The molecule has 0 saturated carbocycles. The number of nitrogens with two attached hydrogens (primary N) is 1. The molecule has 0 bridgehead atoms. The summed E-state index contributed by atoms with van der Waals surface area (Å²) < 4.78 is 7.88. The van der Waals surface area contributed by atoms with Gasteiger partial charge in [-0.2, -0.15) is 0 Å². The highest BCUT2D eigenvalue weighted by Crippen LogP contribution is 2.33. The Hall–Kier alpha value is -2.55. The summed E-state index contributed by atoms with van der Waals surface area (Å²) in [6.45, 7) is 10.1. The van der Waals surface area contributed by atoms with Crippen LogP contribution in [0.15, 0.2) is 36.2 Å². The van der Waals surface area contributed by atoms with Crippen molar-refractivity contribution in [3.8, 4) is 0 Å². The van der Waals surface area contributed by atoms with Crippen molar-refractivity contribution < 1.29 is 24.5 Å². The number of allylic oxidation sites excluding steroid dienone is 1. The number of ketones is 1. The van der Waals surface area contributed by atoms with Gasteiger partial charge in [-0.05, 0) is 49.8 Å². The molecule has 1 aromatic carbocycles. The fourth-order valence-electron chi connectivity index (χ4n) is 5.15. The number of benzene rings is 1. The maximum Gasteiger partial charge on any atom is 0.309 e. The number of aliphatic hydroxyl groups excluding tert-OH is 2. The highest BCUT2D eigenvalue weighted by molar-refractivity contribution is 5.88. The van der Waals surface area contributed by atoms with Crippen LogP contribution in [0.4, 0.5) is 0 Å². The van der Waals surface area contributed by atoms with Crippen molar-refractivity contribution in [1.29, 1.82) is 0 Å². The lowest BCUT2D eigenvalue weighted by molar-refractivity contribution is -0.155. The first-order valence-corrected chi connectivity index (χ1v) is 13.4. The van der Waals surface area contributed by atoms with Gasteiger partial charge < -0.3 is 25.3 Å². The number of hydrogen-bond acceptors (Lipinski definition) is 7. The van der Waals surface area contributed by atoms with E-state index in [1.54, 1.807) is 27.1 Å². The number of aromatic nitrogens is 2. The van der Waals surface area contributed by atoms with Crippen LogP contribution in [0.5, 0.6) is 0 Å². The molecule has 8 nitrogen and oxygen atoms in total. The Morgan fingerprint density at radius 1 is 1.22 bits per heavy atom. The van der Waals surface area contributed by atoms with E-state index >= 15 is 0 Å². The van der Waals surface area contributed by atoms with Crippen LogP contribution in [0.1, 0.15) is 78.4 Å². The Morgan fingerprint density at radius 2 is 1.95 bits per heavy atom. The highest BCUT2D eigenvalue weighted by atomic mass is 16.5. The third kappa shape index (κ3) is 6.86. The van der Waals surface area contributed by atoms with Crippen LogP contribution < -0.4 is 5.73 Å². The van der Waals surface area contributed by atoms with E-state index in [-0.39, 0.29) is 18.1 Å². The minimum absolute atomic E-state index is 0.0592. The van der Waals surface area contributed by atoms with Gasteiger partial charge in [0.2, 0.25) is 0 Å². The van der Waals surface area contributed by atoms with Crippen LogP contribution in [-0.2, 0) is 20.9 Å². The SMILES string of the molecule is C/C1=C/C[C@@H](c2ccc3c(c2)ncn3CCN)OC(=O)CC(O)C(C)(C)C(=O)C(C)[C@@H](O)C(C)CCC1. The summed E-state index contributed by atoms with van der Waals surface area (Å²) in [5.41, 5.74) is 8.24. The number of carbonyl (C=O) groups excluding carboxylic acids is 2. The molecule has 1 aliphatic heterocycles. The predicted octanol–water partition coefficient (Wildman–Crippen LogP) is 4.08. The van der Waals surface area contributed by atoms with E-state index in [0.29, 0.717) is 19.5 Å². The van der Waals surface area contributed by atoms with Gasteiger partial charge in [0.1, 0.15) is 11.9 Å². The van der Waals surface area contributed by atoms with Gasteiger partial charge in [-0.3, -0.25) is 9.59 Å². The normalized spacial score (nSPS) is 30.1. The van der Waals surface area contributed by atoms with E-state index < -0.39 is 35.6 Å². The third-order valence-corrected chi connectivity index (χ3v) is 7.91. The van der Waals surface area contributed by atoms with Gasteiger partial charge in [-0.25, -0.2) is 4.98 Å². The molecule has 0 amide bonds. The molecule has 3 rings (SSSR count). The molecule has 5 atom stereocenters. The van der Waals surface area contributed by atoms with E-state index in [0.717, 1.165) is 35.9 Å². The molecule has 0 spiro atoms. The monoisotopic (exact) mass is 513 g/mol. The van der Waals surface area contributed by atoms with Crippen LogP contribution >= 0.6 is 0 Å². The Labute approximate surface area is 219 Å². The van der Waals surface area contributed by atoms with Gasteiger partial charge in [0, 0.05) is 25.4 Å². The molecular formula is C29H43N3O5. The molecule has 0 saturated heterocycles. The molecule has 0 fully saturated rings. The molecule has 4 N–H and O–H groups in total. The van der Waals surface area contributed by atoms with Crippen LogP contribution in [0.25, 0.3) is 11.0 Å². The van der Waals surface area contributed by atoms with Gasteiger partial charge in [0.05, 0.1) is 41.4 Å². The molecule has 37 heavy (non-hydrogen) atoms. The van der Waals surface area contributed by atoms with E-state index in [1.807, 2.05) is 29.7 Å². The van der Waals surface area contributed by atoms with E-state index in [4.69, 9.17) is 10.5 Å². The highest BCUT2D eigenvalue weighted by Gasteiger charge is 2.42. The topological polar surface area (TPSA) is 128 Å². The Bertz CT molecular complexity index is 1120. The first kappa shape index (κ1) is 29.0. The fraction of sp³-hybridized carbons (Fsp3) is 0.621. The number of hydrogen-bond donors (Lipinski definition) is 3. The lowest BCUT2D eigenvalue weighted by Crippen LogP contribution is -2.45. The number of ether oxygens (including phenoxy) is 1. The summed E-state index contributed by atoms with van der Waals surface area (Å²) in [5.74, 6) is -1.55. The largest absolute Gasteiger partial charge is 0.457 e. The van der Waals surface area contributed by atoms with Crippen molar-refractivity contribution in [3.63, 3.8) is 0 Å². The second kappa shape index (κ2) is 12.3. The number of nitrogens with zero attached hydrogens (tertiary/aromatic N) is 2. The van der Waals surface area contributed by atoms with E-state index in [1.165, 1.54) is 5.57 Å². The summed E-state index contributed by atoms with van der Waals surface area (Å²) >= 11 is 0. The third-order valence-electron chi connectivity index (χ3n) is 7.91. The molecule has 8 heteroatoms. The number of rotatable bonds is 3. The molecule has 2 aromatic rings. The molecular weight excluding hydrogens is 470 g/mol.